The van der Waals surface area contributed by atoms with Gasteiger partial charge in [-0.15, -0.1) is 0 Å². The number of rotatable bonds is 1. The van der Waals surface area contributed by atoms with Crippen LogP contribution in [-0.2, 0) is 15.9 Å². The van der Waals surface area contributed by atoms with Crippen molar-refractivity contribution in [1.29, 1.82) is 0 Å². The Labute approximate surface area is 111 Å². The van der Waals surface area contributed by atoms with E-state index in [1.165, 1.54) is 18.2 Å². The third-order valence-corrected chi connectivity index (χ3v) is 2.42. The first-order chi connectivity index (χ1) is 6.66. The van der Waals surface area contributed by atoms with Crippen LogP contribution in [0.15, 0.2) is 23.1 Å². The first-order valence-electron chi connectivity index (χ1n) is 3.83. The number of nitrogens with one attached hydrogen (secondary N) is 1. The van der Waals surface area contributed by atoms with Gasteiger partial charge in [0.1, 0.15) is 5.75 Å². The quantitative estimate of drug-likeness (QED) is 0.423. The third-order valence-electron chi connectivity index (χ3n) is 1.78. The van der Waals surface area contributed by atoms with Gasteiger partial charge < -0.3 is 14.6 Å². The molecule has 1 aromatic rings. The summed E-state index contributed by atoms with van der Waals surface area (Å²) in [5, 5.41) is 2.56. The van der Waals surface area contributed by atoms with E-state index in [1.54, 1.807) is 0 Å². The molecule has 1 aliphatic rings. The minimum Gasteiger partial charge on any atom is -0.768 e. The first-order valence-corrected chi connectivity index (χ1v) is 4.90. The normalized spacial score (nSPS) is 15.4. The van der Waals surface area contributed by atoms with Crippen LogP contribution in [0.3, 0.4) is 0 Å². The number of benzene rings is 1. The molecular weight excluding hydrogens is 229 g/mol. The number of ether oxygens (including phenoxy) is 1. The van der Waals surface area contributed by atoms with Gasteiger partial charge in [-0.1, -0.05) is 0 Å². The summed E-state index contributed by atoms with van der Waals surface area (Å²) in [4.78, 5) is 11.0. The predicted molar refractivity (Wildman–Crippen MR) is 47.8 cm³/mol. The molecule has 1 unspecified atom stereocenters. The number of amides is 1. The molecule has 0 spiro atoms. The number of anilines is 1. The average Bonchev–Trinajstić information content (AvgIpc) is 2.16. The molecule has 0 saturated heterocycles. The summed E-state index contributed by atoms with van der Waals surface area (Å²) >= 11 is -2.28. The molecule has 2 rings (SSSR count). The second-order valence-corrected chi connectivity index (χ2v) is 3.67. The standard InChI is InChI=1S/C8H7NO4S.Na/c10-8-4-13-7-3-5(14(11)12)1-2-6(7)9-8;/h1-3H,4H2,(H,9,10)(H,11,12);/q;+1/p-1. The van der Waals surface area contributed by atoms with Gasteiger partial charge in [0, 0.05) is 4.90 Å². The van der Waals surface area contributed by atoms with Crippen molar-refractivity contribution in [1.82, 2.24) is 0 Å². The molecule has 0 aromatic heterocycles. The van der Waals surface area contributed by atoms with Crippen LogP contribution in [0.1, 0.15) is 0 Å². The van der Waals surface area contributed by atoms with Crippen LogP contribution < -0.4 is 39.6 Å². The fraction of sp³-hybridized carbons (Fsp3) is 0.125. The minimum absolute atomic E-state index is 0. The Balaban J connectivity index is 0.00000112. The molecule has 0 fully saturated rings. The maximum atomic E-state index is 10.9. The van der Waals surface area contributed by atoms with Crippen molar-refractivity contribution in [3.05, 3.63) is 18.2 Å². The fourth-order valence-electron chi connectivity index (χ4n) is 1.16. The van der Waals surface area contributed by atoms with Crippen LogP contribution >= 0.6 is 0 Å². The van der Waals surface area contributed by atoms with Crippen LogP contribution in [0.4, 0.5) is 5.69 Å². The van der Waals surface area contributed by atoms with E-state index in [0.717, 1.165) is 0 Å². The van der Waals surface area contributed by atoms with E-state index >= 15 is 0 Å². The van der Waals surface area contributed by atoms with Crippen molar-refractivity contribution in [3.8, 4) is 5.75 Å². The fourth-order valence-corrected chi connectivity index (χ4v) is 1.54. The van der Waals surface area contributed by atoms with E-state index in [9.17, 15) is 13.6 Å². The molecule has 1 heterocycles. The largest absolute Gasteiger partial charge is 1.00 e. The zero-order chi connectivity index (χ0) is 10.1. The Bertz CT molecular complexity index is 423. The van der Waals surface area contributed by atoms with Gasteiger partial charge in [0.05, 0.1) is 5.69 Å². The molecule has 7 heteroatoms. The molecule has 1 aliphatic heterocycles. The summed E-state index contributed by atoms with van der Waals surface area (Å²) in [6, 6.07) is 4.27. The van der Waals surface area contributed by atoms with Crippen molar-refractivity contribution in [3.63, 3.8) is 0 Å². The summed E-state index contributed by atoms with van der Waals surface area (Å²) in [6.07, 6.45) is 0. The number of fused-ring (bicyclic) bond motifs is 1. The van der Waals surface area contributed by atoms with Crippen LogP contribution in [0, 0.1) is 0 Å². The minimum atomic E-state index is -2.28. The molecule has 1 amide bonds. The van der Waals surface area contributed by atoms with Crippen molar-refractivity contribution in [2.24, 2.45) is 0 Å². The first kappa shape index (κ1) is 12.7. The number of hydrogen-bond acceptors (Lipinski definition) is 4. The zero-order valence-electron chi connectivity index (χ0n) is 7.98. The van der Waals surface area contributed by atoms with E-state index in [1.807, 2.05) is 0 Å². The number of hydrogen-bond donors (Lipinski definition) is 1. The Morgan fingerprint density at radius 2 is 2.20 bits per heavy atom. The van der Waals surface area contributed by atoms with E-state index in [4.69, 9.17) is 4.74 Å². The zero-order valence-corrected chi connectivity index (χ0v) is 10.8. The summed E-state index contributed by atoms with van der Waals surface area (Å²) in [6.45, 7) is -0.0814. The van der Waals surface area contributed by atoms with Crippen molar-refractivity contribution in [2.75, 3.05) is 11.9 Å². The van der Waals surface area contributed by atoms with Crippen molar-refractivity contribution in [2.45, 2.75) is 4.90 Å². The third kappa shape index (κ3) is 2.79. The average molecular weight is 235 g/mol. The molecule has 0 radical (unpaired) electrons. The summed E-state index contributed by atoms with van der Waals surface area (Å²) in [5.74, 6) is 0.139. The predicted octanol–water partition coefficient (Wildman–Crippen LogP) is -2.74. The number of carbonyl (C=O) groups is 1. The monoisotopic (exact) mass is 235 g/mol. The Morgan fingerprint density at radius 3 is 2.87 bits per heavy atom. The molecule has 0 bridgehead atoms. The Hall–Kier alpha value is -0.400. The molecule has 15 heavy (non-hydrogen) atoms. The second-order valence-electron chi connectivity index (χ2n) is 2.73. The van der Waals surface area contributed by atoms with E-state index < -0.39 is 11.1 Å². The van der Waals surface area contributed by atoms with Crippen LogP contribution in [-0.4, -0.2) is 21.3 Å². The Morgan fingerprint density at radius 1 is 1.47 bits per heavy atom. The topological polar surface area (TPSA) is 78.5 Å². The van der Waals surface area contributed by atoms with Crippen molar-refractivity contribution >= 4 is 22.7 Å². The van der Waals surface area contributed by atoms with Gasteiger partial charge in [-0.3, -0.25) is 9.00 Å². The van der Waals surface area contributed by atoms with Gasteiger partial charge in [-0.2, -0.15) is 0 Å². The van der Waals surface area contributed by atoms with Gasteiger partial charge >= 0.3 is 29.6 Å². The van der Waals surface area contributed by atoms with Gasteiger partial charge in [0.2, 0.25) is 0 Å². The maximum absolute atomic E-state index is 10.9. The molecule has 0 saturated carbocycles. The molecule has 5 nitrogen and oxygen atoms in total. The SMILES string of the molecule is O=C1COc2cc(S(=O)[O-])ccc2N1.[Na+]. The second kappa shape index (κ2) is 5.09. The maximum Gasteiger partial charge on any atom is 1.00 e. The molecular formula is C8H6NNaO4S. The van der Waals surface area contributed by atoms with Gasteiger partial charge in [0.15, 0.2) is 6.61 Å². The van der Waals surface area contributed by atoms with Gasteiger partial charge in [0.25, 0.3) is 5.91 Å². The summed E-state index contributed by atoms with van der Waals surface area (Å²) < 4.78 is 26.3. The van der Waals surface area contributed by atoms with E-state index in [2.05, 4.69) is 5.32 Å². The van der Waals surface area contributed by atoms with E-state index in [-0.39, 0.29) is 47.0 Å². The molecule has 1 N–H and O–H groups in total. The van der Waals surface area contributed by atoms with Crippen LogP contribution in [0.2, 0.25) is 0 Å². The van der Waals surface area contributed by atoms with E-state index in [0.29, 0.717) is 11.4 Å². The number of carbonyl (C=O) groups excluding carboxylic acids is 1. The summed E-state index contributed by atoms with van der Waals surface area (Å²) in [5.41, 5.74) is 0.496. The van der Waals surface area contributed by atoms with Crippen LogP contribution in [0.5, 0.6) is 5.75 Å². The Kier molecular flexibility index (Phi) is 4.30. The molecule has 1 atom stereocenters. The summed E-state index contributed by atoms with van der Waals surface area (Å²) in [7, 11) is 0. The molecule has 0 aliphatic carbocycles. The molecule has 1 aromatic carbocycles. The smallest absolute Gasteiger partial charge is 0.768 e. The van der Waals surface area contributed by atoms with Gasteiger partial charge in [-0.05, 0) is 29.3 Å². The van der Waals surface area contributed by atoms with Gasteiger partial charge in [-0.25, -0.2) is 0 Å². The molecule has 74 valence electrons. The van der Waals surface area contributed by atoms with Crippen LogP contribution in [0.25, 0.3) is 0 Å². The van der Waals surface area contributed by atoms with Crippen molar-refractivity contribution < 1.29 is 47.9 Å².